The summed E-state index contributed by atoms with van der Waals surface area (Å²) in [5.74, 6) is -0.251. The van der Waals surface area contributed by atoms with Gasteiger partial charge in [-0.15, -0.1) is 11.6 Å². The Bertz CT molecular complexity index is 422. The Morgan fingerprint density at radius 1 is 1.59 bits per heavy atom. The predicted molar refractivity (Wildman–Crippen MR) is 65.8 cm³/mol. The van der Waals surface area contributed by atoms with Crippen LogP contribution in [0.25, 0.3) is 0 Å². The van der Waals surface area contributed by atoms with Crippen LogP contribution in [-0.4, -0.2) is 22.3 Å². The van der Waals surface area contributed by atoms with Gasteiger partial charge in [0.2, 0.25) is 0 Å². The van der Waals surface area contributed by atoms with Crippen molar-refractivity contribution < 1.29 is 4.79 Å². The molecular formula is C12H14ClN3O. The first-order valence-electron chi connectivity index (χ1n) is 5.34. The minimum atomic E-state index is -0.251. The highest BCUT2D eigenvalue weighted by Gasteiger charge is 2.12. The SMILES string of the molecule is CC(Cl)CC(C)NC(=O)c1ccc(C#N)cn1. The molecule has 90 valence electrons. The maximum atomic E-state index is 11.7. The molecule has 2 unspecified atom stereocenters. The monoisotopic (exact) mass is 251 g/mol. The number of halogens is 1. The number of pyridine rings is 1. The van der Waals surface area contributed by atoms with Crippen molar-refractivity contribution in [3.05, 3.63) is 29.6 Å². The number of aromatic nitrogens is 1. The van der Waals surface area contributed by atoms with Crippen molar-refractivity contribution in [3.8, 4) is 6.07 Å². The molecule has 1 rings (SSSR count). The topological polar surface area (TPSA) is 65.8 Å². The van der Waals surface area contributed by atoms with Crippen LogP contribution < -0.4 is 5.32 Å². The Morgan fingerprint density at radius 2 is 2.29 bits per heavy atom. The van der Waals surface area contributed by atoms with Crippen LogP contribution in [0.4, 0.5) is 0 Å². The average Bonchev–Trinajstić information content (AvgIpc) is 2.28. The molecule has 17 heavy (non-hydrogen) atoms. The van der Waals surface area contributed by atoms with E-state index in [1.165, 1.54) is 12.3 Å². The Morgan fingerprint density at radius 3 is 2.76 bits per heavy atom. The molecule has 0 aliphatic rings. The zero-order chi connectivity index (χ0) is 12.8. The lowest BCUT2D eigenvalue weighted by atomic mass is 10.2. The molecule has 1 amide bonds. The van der Waals surface area contributed by atoms with Gasteiger partial charge in [0.25, 0.3) is 5.91 Å². The van der Waals surface area contributed by atoms with Gasteiger partial charge in [-0.25, -0.2) is 4.98 Å². The number of alkyl halides is 1. The van der Waals surface area contributed by atoms with Crippen molar-refractivity contribution in [1.29, 1.82) is 5.26 Å². The lowest BCUT2D eigenvalue weighted by molar-refractivity contribution is 0.0933. The minimum Gasteiger partial charge on any atom is -0.348 e. The van der Waals surface area contributed by atoms with Crippen LogP contribution in [0.3, 0.4) is 0 Å². The van der Waals surface area contributed by atoms with Gasteiger partial charge in [0.05, 0.1) is 5.56 Å². The number of hydrogen-bond donors (Lipinski definition) is 1. The van der Waals surface area contributed by atoms with E-state index in [-0.39, 0.29) is 17.3 Å². The zero-order valence-electron chi connectivity index (χ0n) is 9.77. The first kappa shape index (κ1) is 13.5. The van der Waals surface area contributed by atoms with E-state index in [4.69, 9.17) is 16.9 Å². The molecule has 0 bridgehead atoms. The summed E-state index contributed by atoms with van der Waals surface area (Å²) in [5, 5.41) is 11.4. The molecule has 2 atom stereocenters. The van der Waals surface area contributed by atoms with Gasteiger partial charge < -0.3 is 5.32 Å². The molecule has 0 aliphatic carbocycles. The Balaban J connectivity index is 2.61. The molecule has 1 aromatic rings. The predicted octanol–water partition coefficient (Wildman–Crippen LogP) is 2.09. The third kappa shape index (κ3) is 4.41. The van der Waals surface area contributed by atoms with Crippen LogP contribution in [0.15, 0.2) is 18.3 Å². The van der Waals surface area contributed by atoms with Gasteiger partial charge in [0, 0.05) is 17.6 Å². The molecule has 1 heterocycles. The van der Waals surface area contributed by atoms with Gasteiger partial charge >= 0.3 is 0 Å². The summed E-state index contributed by atoms with van der Waals surface area (Å²) in [4.78, 5) is 15.7. The highest BCUT2D eigenvalue weighted by atomic mass is 35.5. The van der Waals surface area contributed by atoms with Gasteiger partial charge in [-0.1, -0.05) is 0 Å². The van der Waals surface area contributed by atoms with E-state index in [1.54, 1.807) is 6.07 Å². The summed E-state index contributed by atoms with van der Waals surface area (Å²) < 4.78 is 0. The number of amides is 1. The second-order valence-corrected chi connectivity index (χ2v) is 4.68. The molecule has 0 saturated heterocycles. The van der Waals surface area contributed by atoms with Gasteiger partial charge in [-0.05, 0) is 32.4 Å². The van der Waals surface area contributed by atoms with Gasteiger partial charge in [0.1, 0.15) is 11.8 Å². The standard InChI is InChI=1S/C12H14ClN3O/c1-8(13)5-9(2)16-12(17)11-4-3-10(6-14)7-15-11/h3-4,7-9H,5H2,1-2H3,(H,16,17). The summed E-state index contributed by atoms with van der Waals surface area (Å²) in [5.41, 5.74) is 0.738. The molecule has 0 saturated carbocycles. The van der Waals surface area contributed by atoms with Crippen molar-refractivity contribution in [2.45, 2.75) is 31.7 Å². The van der Waals surface area contributed by atoms with Crippen LogP contribution in [0, 0.1) is 11.3 Å². The van der Waals surface area contributed by atoms with E-state index in [0.717, 1.165) is 0 Å². The van der Waals surface area contributed by atoms with Crippen LogP contribution >= 0.6 is 11.6 Å². The summed E-state index contributed by atoms with van der Waals surface area (Å²) in [6.45, 7) is 3.77. The number of hydrogen-bond acceptors (Lipinski definition) is 3. The van der Waals surface area contributed by atoms with Crippen LogP contribution in [0.2, 0.25) is 0 Å². The molecule has 5 heteroatoms. The fraction of sp³-hybridized carbons (Fsp3) is 0.417. The van der Waals surface area contributed by atoms with Crippen LogP contribution in [-0.2, 0) is 0 Å². The second-order valence-electron chi connectivity index (χ2n) is 3.93. The molecule has 0 radical (unpaired) electrons. The van der Waals surface area contributed by atoms with E-state index in [0.29, 0.717) is 17.7 Å². The quantitative estimate of drug-likeness (QED) is 0.834. The third-order valence-electron chi connectivity index (χ3n) is 2.18. The molecule has 0 aliphatic heterocycles. The number of nitrogens with zero attached hydrogens (tertiary/aromatic N) is 2. The van der Waals surface area contributed by atoms with Crippen LogP contribution in [0.1, 0.15) is 36.3 Å². The van der Waals surface area contributed by atoms with Crippen molar-refractivity contribution >= 4 is 17.5 Å². The number of carbonyl (C=O) groups is 1. The maximum Gasteiger partial charge on any atom is 0.270 e. The van der Waals surface area contributed by atoms with E-state index < -0.39 is 0 Å². The number of rotatable bonds is 4. The maximum absolute atomic E-state index is 11.7. The van der Waals surface area contributed by atoms with E-state index in [1.807, 2.05) is 19.9 Å². The third-order valence-corrected chi connectivity index (χ3v) is 2.36. The second kappa shape index (κ2) is 6.21. The molecule has 0 spiro atoms. The summed E-state index contributed by atoms with van der Waals surface area (Å²) in [7, 11) is 0. The Kier molecular flexibility index (Phi) is 4.92. The minimum absolute atomic E-state index is 0.00700. The number of nitriles is 1. The summed E-state index contributed by atoms with van der Waals surface area (Å²) in [6, 6.07) is 5.04. The normalized spacial score (nSPS) is 13.5. The van der Waals surface area contributed by atoms with Crippen molar-refractivity contribution in [3.63, 3.8) is 0 Å². The van der Waals surface area contributed by atoms with Gasteiger partial charge in [0.15, 0.2) is 0 Å². The Labute approximate surface area is 106 Å². The molecule has 1 N–H and O–H groups in total. The van der Waals surface area contributed by atoms with Crippen molar-refractivity contribution in [1.82, 2.24) is 10.3 Å². The highest BCUT2D eigenvalue weighted by molar-refractivity contribution is 6.20. The molecular weight excluding hydrogens is 238 g/mol. The average molecular weight is 252 g/mol. The fourth-order valence-electron chi connectivity index (χ4n) is 1.44. The molecule has 4 nitrogen and oxygen atoms in total. The lowest BCUT2D eigenvalue weighted by Crippen LogP contribution is -2.34. The molecule has 0 fully saturated rings. The summed E-state index contributed by atoms with van der Waals surface area (Å²) >= 11 is 5.84. The van der Waals surface area contributed by atoms with Crippen molar-refractivity contribution in [2.24, 2.45) is 0 Å². The zero-order valence-corrected chi connectivity index (χ0v) is 10.5. The highest BCUT2D eigenvalue weighted by Crippen LogP contribution is 2.05. The molecule has 1 aromatic heterocycles. The molecule has 0 aromatic carbocycles. The van der Waals surface area contributed by atoms with E-state index >= 15 is 0 Å². The first-order valence-corrected chi connectivity index (χ1v) is 5.77. The van der Waals surface area contributed by atoms with Crippen LogP contribution in [0.5, 0.6) is 0 Å². The van der Waals surface area contributed by atoms with Gasteiger partial charge in [-0.2, -0.15) is 5.26 Å². The summed E-state index contributed by atoms with van der Waals surface area (Å²) in [6.07, 6.45) is 2.08. The Hall–Kier alpha value is -1.60. The number of carbonyl (C=O) groups excluding carboxylic acids is 1. The number of nitrogens with one attached hydrogen (secondary N) is 1. The van der Waals surface area contributed by atoms with E-state index in [2.05, 4.69) is 10.3 Å². The first-order chi connectivity index (χ1) is 8.02. The largest absolute Gasteiger partial charge is 0.348 e. The van der Waals surface area contributed by atoms with Gasteiger partial charge in [-0.3, -0.25) is 4.79 Å². The smallest absolute Gasteiger partial charge is 0.270 e. The fourth-order valence-corrected chi connectivity index (χ4v) is 1.71. The van der Waals surface area contributed by atoms with Crippen molar-refractivity contribution in [2.75, 3.05) is 0 Å². The van der Waals surface area contributed by atoms with E-state index in [9.17, 15) is 4.79 Å². The lowest BCUT2D eigenvalue weighted by Gasteiger charge is -2.14.